The first-order valence-corrected chi connectivity index (χ1v) is 6.75. The van der Waals surface area contributed by atoms with Crippen LogP contribution in [0.4, 0.5) is 5.69 Å². The van der Waals surface area contributed by atoms with Gasteiger partial charge in [-0.1, -0.05) is 19.3 Å². The number of halogens is 2. The average Bonchev–Trinajstić information content (AvgIpc) is 2.30. The Bertz CT molecular complexity index is 326. The summed E-state index contributed by atoms with van der Waals surface area (Å²) in [5.74, 6) is 0. The van der Waals surface area contributed by atoms with E-state index in [-0.39, 0.29) is 0 Å². The number of rotatable bonds is 2. The Morgan fingerprint density at radius 1 is 1.33 bits per heavy atom. The van der Waals surface area contributed by atoms with Gasteiger partial charge in [0, 0.05) is 30.2 Å². The van der Waals surface area contributed by atoms with Crippen LogP contribution in [0, 0.1) is 3.57 Å². The Kier molecular flexibility index (Phi) is 4.08. The van der Waals surface area contributed by atoms with Crippen molar-refractivity contribution in [2.75, 3.05) is 4.42 Å². The fourth-order valence-corrected chi connectivity index (χ4v) is 3.13. The van der Waals surface area contributed by atoms with Gasteiger partial charge in [-0.15, -0.1) is 0 Å². The number of hydrogen-bond donors (Lipinski definition) is 0. The van der Waals surface area contributed by atoms with Gasteiger partial charge in [0.2, 0.25) is 0 Å². The second-order valence-corrected chi connectivity index (χ2v) is 5.46. The van der Waals surface area contributed by atoms with E-state index in [0.717, 1.165) is 9.26 Å². The Morgan fingerprint density at radius 2 is 2.07 bits per heavy atom. The Hall–Kier alpha value is -0.0300. The van der Waals surface area contributed by atoms with E-state index in [9.17, 15) is 0 Å². The maximum atomic E-state index is 6.39. The van der Waals surface area contributed by atoms with E-state index in [1.807, 2.05) is 16.7 Å². The van der Waals surface area contributed by atoms with Crippen molar-refractivity contribution < 1.29 is 0 Å². The predicted octanol–water partition coefficient (Wildman–Crippen LogP) is 3.98. The summed E-state index contributed by atoms with van der Waals surface area (Å²) in [5, 5.41) is 0. The minimum absolute atomic E-state index is 0.497. The third kappa shape index (κ3) is 2.75. The Balaban J connectivity index is 2.12. The maximum absolute atomic E-state index is 6.39. The largest absolute Gasteiger partial charge is 0.281 e. The van der Waals surface area contributed by atoms with Crippen molar-refractivity contribution in [2.45, 2.75) is 38.1 Å². The van der Waals surface area contributed by atoms with Crippen LogP contribution in [0.3, 0.4) is 0 Å². The first kappa shape index (κ1) is 11.5. The third-order valence-corrected chi connectivity index (χ3v) is 4.17. The van der Waals surface area contributed by atoms with Crippen LogP contribution in [0.1, 0.15) is 32.1 Å². The van der Waals surface area contributed by atoms with Crippen LogP contribution < -0.4 is 4.42 Å². The molecule has 0 radical (unpaired) electrons. The van der Waals surface area contributed by atoms with Gasteiger partial charge in [-0.25, -0.2) is 0 Å². The highest BCUT2D eigenvalue weighted by Gasteiger charge is 2.21. The quantitative estimate of drug-likeness (QED) is 0.600. The lowest BCUT2D eigenvalue weighted by Crippen LogP contribution is -2.29. The average molecular weight is 337 g/mol. The van der Waals surface area contributed by atoms with Gasteiger partial charge < -0.3 is 0 Å². The summed E-state index contributed by atoms with van der Waals surface area (Å²) in [6.07, 6.45) is 10.0. The van der Waals surface area contributed by atoms with Gasteiger partial charge in [-0.2, -0.15) is 0 Å². The SMILES string of the molecule is ClN(c1ccncc1I)C1CCCCC1. The molecule has 2 rings (SSSR count). The van der Waals surface area contributed by atoms with Crippen LogP contribution in [-0.2, 0) is 0 Å². The molecule has 15 heavy (non-hydrogen) atoms. The Morgan fingerprint density at radius 3 is 2.73 bits per heavy atom. The van der Waals surface area contributed by atoms with E-state index in [0.29, 0.717) is 6.04 Å². The lowest BCUT2D eigenvalue weighted by Gasteiger charge is -2.30. The normalized spacial score (nSPS) is 17.7. The minimum atomic E-state index is 0.497. The van der Waals surface area contributed by atoms with Gasteiger partial charge in [0.1, 0.15) is 0 Å². The van der Waals surface area contributed by atoms with Crippen molar-refractivity contribution in [3.05, 3.63) is 22.0 Å². The maximum Gasteiger partial charge on any atom is 0.0690 e. The van der Waals surface area contributed by atoms with E-state index >= 15 is 0 Å². The molecule has 0 spiro atoms. The van der Waals surface area contributed by atoms with Crippen LogP contribution >= 0.6 is 34.4 Å². The van der Waals surface area contributed by atoms with E-state index in [1.54, 1.807) is 6.20 Å². The molecule has 1 aromatic rings. The molecule has 0 aromatic carbocycles. The summed E-state index contributed by atoms with van der Waals surface area (Å²) in [7, 11) is 0. The van der Waals surface area contributed by atoms with Crippen molar-refractivity contribution >= 4 is 40.1 Å². The highest BCUT2D eigenvalue weighted by Crippen LogP contribution is 2.31. The van der Waals surface area contributed by atoms with Gasteiger partial charge in [0.15, 0.2) is 0 Å². The topological polar surface area (TPSA) is 16.1 Å². The van der Waals surface area contributed by atoms with Crippen LogP contribution in [0.25, 0.3) is 0 Å². The molecule has 1 saturated carbocycles. The molecule has 1 fully saturated rings. The number of pyridine rings is 1. The molecule has 1 aromatic heterocycles. The standard InChI is InChI=1S/C11H14ClIN2/c12-15(9-4-2-1-3-5-9)11-6-7-14-8-10(11)13/h6-9H,1-5H2. The molecule has 82 valence electrons. The summed E-state index contributed by atoms with van der Waals surface area (Å²) in [6, 6.07) is 2.49. The second-order valence-electron chi connectivity index (χ2n) is 3.93. The molecule has 0 bridgehead atoms. The van der Waals surface area contributed by atoms with Gasteiger partial charge in [-0.3, -0.25) is 9.40 Å². The van der Waals surface area contributed by atoms with Crippen molar-refractivity contribution in [3.63, 3.8) is 0 Å². The molecule has 0 aliphatic heterocycles. The number of aromatic nitrogens is 1. The van der Waals surface area contributed by atoms with Gasteiger partial charge >= 0.3 is 0 Å². The van der Waals surface area contributed by atoms with E-state index in [1.165, 1.54) is 32.1 Å². The van der Waals surface area contributed by atoms with Crippen LogP contribution in [-0.4, -0.2) is 11.0 Å². The molecule has 2 nitrogen and oxygen atoms in total. The lowest BCUT2D eigenvalue weighted by molar-refractivity contribution is 0.444. The molecular formula is C11H14ClIN2. The zero-order valence-corrected chi connectivity index (χ0v) is 11.4. The molecule has 1 aliphatic carbocycles. The molecule has 0 unspecified atom stereocenters. The van der Waals surface area contributed by atoms with Gasteiger partial charge in [-0.05, 0) is 41.5 Å². The smallest absolute Gasteiger partial charge is 0.0690 e. The lowest BCUT2D eigenvalue weighted by atomic mass is 9.95. The summed E-state index contributed by atoms with van der Waals surface area (Å²) in [5.41, 5.74) is 1.10. The first-order valence-electron chi connectivity index (χ1n) is 5.33. The first-order chi connectivity index (χ1) is 7.29. The molecule has 0 N–H and O–H groups in total. The number of anilines is 1. The fourth-order valence-electron chi connectivity index (χ4n) is 2.05. The zero-order chi connectivity index (χ0) is 10.7. The molecule has 1 aliphatic rings. The number of nitrogens with zero attached hydrogens (tertiary/aromatic N) is 2. The summed E-state index contributed by atoms with van der Waals surface area (Å²) in [6.45, 7) is 0. The summed E-state index contributed by atoms with van der Waals surface area (Å²) in [4.78, 5) is 4.08. The Labute approximate surface area is 109 Å². The van der Waals surface area contributed by atoms with Crippen molar-refractivity contribution in [1.82, 2.24) is 4.98 Å². The summed E-state index contributed by atoms with van der Waals surface area (Å²) >= 11 is 8.67. The third-order valence-electron chi connectivity index (χ3n) is 2.88. The van der Waals surface area contributed by atoms with E-state index < -0.39 is 0 Å². The zero-order valence-electron chi connectivity index (χ0n) is 8.50. The van der Waals surface area contributed by atoms with Crippen LogP contribution in [0.15, 0.2) is 18.5 Å². The molecular weight excluding hydrogens is 322 g/mol. The molecule has 0 atom stereocenters. The molecule has 1 heterocycles. The van der Waals surface area contributed by atoms with Crippen molar-refractivity contribution in [3.8, 4) is 0 Å². The number of hydrogen-bond acceptors (Lipinski definition) is 2. The molecule has 4 heteroatoms. The van der Waals surface area contributed by atoms with E-state index in [4.69, 9.17) is 11.8 Å². The highest BCUT2D eigenvalue weighted by atomic mass is 127. The summed E-state index contributed by atoms with van der Waals surface area (Å²) < 4.78 is 3.03. The molecule has 0 saturated heterocycles. The molecule has 0 amide bonds. The van der Waals surface area contributed by atoms with Crippen molar-refractivity contribution in [2.24, 2.45) is 0 Å². The second kappa shape index (κ2) is 5.34. The van der Waals surface area contributed by atoms with Crippen LogP contribution in [0.5, 0.6) is 0 Å². The minimum Gasteiger partial charge on any atom is -0.281 e. The van der Waals surface area contributed by atoms with E-state index in [2.05, 4.69) is 27.6 Å². The highest BCUT2D eigenvalue weighted by molar-refractivity contribution is 14.1. The van der Waals surface area contributed by atoms with Crippen LogP contribution in [0.2, 0.25) is 0 Å². The van der Waals surface area contributed by atoms with Gasteiger partial charge in [0.25, 0.3) is 0 Å². The fraction of sp³-hybridized carbons (Fsp3) is 0.545. The monoisotopic (exact) mass is 336 g/mol. The van der Waals surface area contributed by atoms with Gasteiger partial charge in [0.05, 0.1) is 9.26 Å². The predicted molar refractivity (Wildman–Crippen MR) is 72.2 cm³/mol. The van der Waals surface area contributed by atoms with Crippen molar-refractivity contribution in [1.29, 1.82) is 0 Å².